The lowest BCUT2D eigenvalue weighted by Gasteiger charge is -2.26. The van der Waals surface area contributed by atoms with Crippen LogP contribution in [-0.2, 0) is 11.2 Å². The predicted octanol–water partition coefficient (Wildman–Crippen LogP) is 1.95. The van der Waals surface area contributed by atoms with Crippen molar-refractivity contribution in [3.05, 3.63) is 35.4 Å². The molecule has 2 heterocycles. The second kappa shape index (κ2) is 4.56. The molecule has 0 aromatic heterocycles. The van der Waals surface area contributed by atoms with Gasteiger partial charge in [0.25, 0.3) is 0 Å². The van der Waals surface area contributed by atoms with Crippen LogP contribution in [0, 0.1) is 5.92 Å². The van der Waals surface area contributed by atoms with E-state index in [4.69, 9.17) is 4.74 Å². The summed E-state index contributed by atoms with van der Waals surface area (Å²) < 4.78 is 5.25. The summed E-state index contributed by atoms with van der Waals surface area (Å²) in [4.78, 5) is 0. The van der Waals surface area contributed by atoms with Crippen LogP contribution in [0.1, 0.15) is 23.5 Å². The van der Waals surface area contributed by atoms with Gasteiger partial charge in [0.15, 0.2) is 0 Å². The van der Waals surface area contributed by atoms with Gasteiger partial charge < -0.3 is 10.1 Å². The number of benzene rings is 1. The molecule has 0 bridgehead atoms. The minimum atomic E-state index is 0.654. The monoisotopic (exact) mass is 217 g/mol. The zero-order valence-corrected chi connectivity index (χ0v) is 9.61. The summed E-state index contributed by atoms with van der Waals surface area (Å²) in [6.45, 7) is 4.21. The molecule has 1 atom stereocenters. The highest BCUT2D eigenvalue weighted by atomic mass is 16.5. The molecule has 2 aliphatic heterocycles. The van der Waals surface area contributed by atoms with E-state index in [0.29, 0.717) is 5.92 Å². The van der Waals surface area contributed by atoms with Crippen LogP contribution in [0.2, 0.25) is 0 Å². The molecule has 0 saturated carbocycles. The molecule has 0 radical (unpaired) electrons. The normalized spacial score (nSPS) is 25.6. The largest absolute Gasteiger partial charge is 0.380 e. The van der Waals surface area contributed by atoms with Gasteiger partial charge >= 0.3 is 0 Å². The highest BCUT2D eigenvalue weighted by Crippen LogP contribution is 2.25. The Morgan fingerprint density at radius 2 is 2.25 bits per heavy atom. The fourth-order valence-corrected chi connectivity index (χ4v) is 2.62. The molecule has 0 aliphatic carbocycles. The summed E-state index contributed by atoms with van der Waals surface area (Å²) >= 11 is 0. The average molecular weight is 217 g/mol. The smallest absolute Gasteiger partial charge is 0.0557 e. The zero-order chi connectivity index (χ0) is 10.8. The molecule has 1 N–H and O–H groups in total. The van der Waals surface area contributed by atoms with Crippen molar-refractivity contribution >= 4 is 0 Å². The minimum Gasteiger partial charge on any atom is -0.380 e. The third-order valence-corrected chi connectivity index (χ3v) is 3.75. The molecular formula is C14H19NO. The van der Waals surface area contributed by atoms with E-state index >= 15 is 0 Å². The van der Waals surface area contributed by atoms with Gasteiger partial charge in [-0.3, -0.25) is 0 Å². The first-order chi connectivity index (χ1) is 7.92. The van der Waals surface area contributed by atoms with E-state index in [1.165, 1.54) is 37.1 Å². The van der Waals surface area contributed by atoms with Crippen LogP contribution in [0.5, 0.6) is 0 Å². The number of hydrogen-bond acceptors (Lipinski definition) is 2. The third-order valence-electron chi connectivity index (χ3n) is 3.75. The topological polar surface area (TPSA) is 21.3 Å². The van der Waals surface area contributed by atoms with Crippen molar-refractivity contribution in [3.8, 4) is 0 Å². The van der Waals surface area contributed by atoms with E-state index in [-0.39, 0.29) is 0 Å². The lowest BCUT2D eigenvalue weighted by atomic mass is 9.92. The summed E-state index contributed by atoms with van der Waals surface area (Å²) in [7, 11) is 0. The van der Waals surface area contributed by atoms with Gasteiger partial charge in [0, 0.05) is 5.92 Å². The predicted molar refractivity (Wildman–Crippen MR) is 64.7 cm³/mol. The first kappa shape index (κ1) is 10.3. The van der Waals surface area contributed by atoms with Crippen molar-refractivity contribution in [2.24, 2.45) is 5.92 Å². The van der Waals surface area contributed by atoms with Gasteiger partial charge in [-0.25, -0.2) is 0 Å². The Bertz CT molecular complexity index is 354. The molecule has 2 heteroatoms. The Kier molecular flexibility index (Phi) is 2.94. The van der Waals surface area contributed by atoms with Gasteiger partial charge in [-0.1, -0.05) is 24.3 Å². The molecule has 1 aromatic carbocycles. The van der Waals surface area contributed by atoms with Crippen LogP contribution in [0.15, 0.2) is 24.3 Å². The minimum absolute atomic E-state index is 0.654. The number of nitrogens with one attached hydrogen (secondary N) is 1. The van der Waals surface area contributed by atoms with E-state index in [1.54, 1.807) is 0 Å². The van der Waals surface area contributed by atoms with E-state index in [1.807, 2.05) is 0 Å². The third kappa shape index (κ3) is 2.13. The maximum atomic E-state index is 5.25. The van der Waals surface area contributed by atoms with Crippen LogP contribution in [-0.4, -0.2) is 26.3 Å². The summed E-state index contributed by atoms with van der Waals surface area (Å²) in [5.74, 6) is 1.49. The maximum absolute atomic E-state index is 5.25. The quantitative estimate of drug-likeness (QED) is 0.835. The SMILES string of the molecule is c1cc(CC2CCNC2)cc(C2COC2)c1. The molecule has 2 fully saturated rings. The molecule has 2 aliphatic rings. The Labute approximate surface area is 97.0 Å². The summed E-state index contributed by atoms with van der Waals surface area (Å²) in [6, 6.07) is 9.09. The van der Waals surface area contributed by atoms with Crippen molar-refractivity contribution < 1.29 is 4.74 Å². The summed E-state index contributed by atoms with van der Waals surface area (Å²) in [6.07, 6.45) is 2.56. The number of ether oxygens (including phenoxy) is 1. The zero-order valence-electron chi connectivity index (χ0n) is 9.61. The van der Waals surface area contributed by atoms with Crippen LogP contribution in [0.3, 0.4) is 0 Å². The van der Waals surface area contributed by atoms with Gasteiger partial charge in [-0.15, -0.1) is 0 Å². The van der Waals surface area contributed by atoms with Crippen molar-refractivity contribution in [1.29, 1.82) is 0 Å². The Morgan fingerprint density at radius 1 is 1.31 bits per heavy atom. The van der Waals surface area contributed by atoms with Crippen molar-refractivity contribution in [2.45, 2.75) is 18.8 Å². The van der Waals surface area contributed by atoms with E-state index in [0.717, 1.165) is 19.1 Å². The molecular weight excluding hydrogens is 198 g/mol. The fourth-order valence-electron chi connectivity index (χ4n) is 2.62. The van der Waals surface area contributed by atoms with Gasteiger partial charge in [-0.05, 0) is 43.0 Å². The maximum Gasteiger partial charge on any atom is 0.0557 e. The molecule has 1 unspecified atom stereocenters. The van der Waals surface area contributed by atoms with E-state index < -0.39 is 0 Å². The summed E-state index contributed by atoms with van der Waals surface area (Å²) in [5.41, 5.74) is 2.97. The molecule has 0 amide bonds. The number of hydrogen-bond donors (Lipinski definition) is 1. The standard InChI is InChI=1S/C14H19NO/c1-2-11(6-12-4-5-15-8-12)7-13(3-1)14-9-16-10-14/h1-3,7,12,14-15H,4-6,8-10H2. The lowest BCUT2D eigenvalue weighted by molar-refractivity contribution is 0.00839. The second-order valence-corrected chi connectivity index (χ2v) is 5.04. The summed E-state index contributed by atoms with van der Waals surface area (Å²) in [5, 5.41) is 3.43. The Balaban J connectivity index is 1.68. The number of rotatable bonds is 3. The Morgan fingerprint density at radius 3 is 2.94 bits per heavy atom. The highest BCUT2D eigenvalue weighted by Gasteiger charge is 2.21. The average Bonchev–Trinajstić information content (AvgIpc) is 2.68. The molecule has 16 heavy (non-hydrogen) atoms. The van der Waals surface area contributed by atoms with E-state index in [2.05, 4.69) is 29.6 Å². The molecule has 3 rings (SSSR count). The first-order valence-electron chi connectivity index (χ1n) is 6.29. The second-order valence-electron chi connectivity index (χ2n) is 5.04. The molecule has 86 valence electrons. The van der Waals surface area contributed by atoms with E-state index in [9.17, 15) is 0 Å². The Hall–Kier alpha value is -0.860. The molecule has 1 aromatic rings. The van der Waals surface area contributed by atoms with Crippen LogP contribution >= 0.6 is 0 Å². The fraction of sp³-hybridized carbons (Fsp3) is 0.571. The highest BCUT2D eigenvalue weighted by molar-refractivity contribution is 5.28. The lowest BCUT2D eigenvalue weighted by Crippen LogP contribution is -2.25. The molecule has 0 spiro atoms. The van der Waals surface area contributed by atoms with Gasteiger partial charge in [0.1, 0.15) is 0 Å². The molecule has 2 saturated heterocycles. The van der Waals surface area contributed by atoms with Crippen LogP contribution < -0.4 is 5.32 Å². The first-order valence-corrected chi connectivity index (χ1v) is 6.29. The van der Waals surface area contributed by atoms with Crippen molar-refractivity contribution in [1.82, 2.24) is 5.32 Å². The molecule has 2 nitrogen and oxygen atoms in total. The van der Waals surface area contributed by atoms with Gasteiger partial charge in [0.05, 0.1) is 13.2 Å². The van der Waals surface area contributed by atoms with Crippen LogP contribution in [0.25, 0.3) is 0 Å². The van der Waals surface area contributed by atoms with Crippen molar-refractivity contribution in [3.63, 3.8) is 0 Å². The van der Waals surface area contributed by atoms with Gasteiger partial charge in [-0.2, -0.15) is 0 Å². The van der Waals surface area contributed by atoms with Gasteiger partial charge in [0.2, 0.25) is 0 Å². The van der Waals surface area contributed by atoms with Crippen molar-refractivity contribution in [2.75, 3.05) is 26.3 Å². The van der Waals surface area contributed by atoms with Crippen LogP contribution in [0.4, 0.5) is 0 Å².